The zero-order chi connectivity index (χ0) is 17.8. The molecule has 25 heavy (non-hydrogen) atoms. The number of likely N-dealkylation sites (tertiary alicyclic amines) is 1. The van der Waals surface area contributed by atoms with E-state index >= 15 is 0 Å². The van der Waals surface area contributed by atoms with Crippen LogP contribution in [0.1, 0.15) is 60.3 Å². The monoisotopic (exact) mass is 344 g/mol. The lowest BCUT2D eigenvalue weighted by atomic mass is 9.89. The van der Waals surface area contributed by atoms with Gasteiger partial charge >= 0.3 is 0 Å². The second-order valence-electron chi connectivity index (χ2n) is 7.64. The molecule has 138 valence electrons. The molecule has 1 aliphatic heterocycles. The van der Waals surface area contributed by atoms with Crippen molar-refractivity contribution in [2.45, 2.75) is 64.0 Å². The third-order valence-electron chi connectivity index (χ3n) is 5.64. The molecule has 0 spiro atoms. The van der Waals surface area contributed by atoms with Gasteiger partial charge in [0.2, 0.25) is 0 Å². The van der Waals surface area contributed by atoms with E-state index in [1.54, 1.807) is 19.0 Å². The van der Waals surface area contributed by atoms with Crippen LogP contribution in [0.15, 0.2) is 12.7 Å². The normalized spacial score (nSPS) is 21.9. The van der Waals surface area contributed by atoms with Crippen molar-refractivity contribution in [3.05, 3.63) is 29.6 Å². The van der Waals surface area contributed by atoms with Crippen molar-refractivity contribution in [1.29, 1.82) is 0 Å². The Balaban J connectivity index is 1.84. The van der Waals surface area contributed by atoms with Crippen molar-refractivity contribution in [2.24, 2.45) is 0 Å². The summed E-state index contributed by atoms with van der Waals surface area (Å²) in [6.07, 6.45) is 11.7. The molecule has 5 heteroatoms. The summed E-state index contributed by atoms with van der Waals surface area (Å²) >= 11 is 0. The van der Waals surface area contributed by atoms with Gasteiger partial charge in [0.1, 0.15) is 0 Å². The first-order valence-corrected chi connectivity index (χ1v) is 9.77. The van der Waals surface area contributed by atoms with Gasteiger partial charge in [-0.15, -0.1) is 6.58 Å². The second-order valence-corrected chi connectivity index (χ2v) is 7.64. The summed E-state index contributed by atoms with van der Waals surface area (Å²) in [5.74, 6) is 0.0207. The van der Waals surface area contributed by atoms with Crippen LogP contribution in [0.4, 0.5) is 0 Å². The van der Waals surface area contributed by atoms with Crippen LogP contribution in [0.2, 0.25) is 0 Å². The van der Waals surface area contributed by atoms with Gasteiger partial charge in [-0.05, 0) is 45.2 Å². The average molecular weight is 345 g/mol. The zero-order valence-electron chi connectivity index (χ0n) is 15.8. The molecule has 0 radical (unpaired) electrons. The first kappa shape index (κ1) is 18.2. The van der Waals surface area contributed by atoms with Gasteiger partial charge in [0.15, 0.2) is 5.69 Å². The number of carbonyl (C=O) groups excluding carboxylic acids is 1. The van der Waals surface area contributed by atoms with Crippen LogP contribution in [0.25, 0.3) is 0 Å². The molecule has 2 aliphatic rings. The van der Waals surface area contributed by atoms with Crippen LogP contribution in [-0.2, 0) is 19.4 Å². The minimum atomic E-state index is 0.0207. The number of hydrogen-bond donors (Lipinski definition) is 0. The maximum Gasteiger partial charge on any atom is 0.274 e. The number of rotatable bonds is 4. The second kappa shape index (κ2) is 8.17. The highest BCUT2D eigenvalue weighted by molar-refractivity contribution is 5.93. The minimum Gasteiger partial charge on any atom is -0.343 e. The minimum absolute atomic E-state index is 0.0207. The maximum absolute atomic E-state index is 12.6. The molecule has 2 heterocycles. The number of amides is 1. The predicted octanol–water partition coefficient (Wildman–Crippen LogP) is 2.89. The topological polar surface area (TPSA) is 41.4 Å². The van der Waals surface area contributed by atoms with Crippen molar-refractivity contribution in [1.82, 2.24) is 19.6 Å². The molecule has 1 saturated heterocycles. The van der Waals surface area contributed by atoms with E-state index < -0.39 is 0 Å². The van der Waals surface area contributed by atoms with Crippen molar-refractivity contribution >= 4 is 5.91 Å². The van der Waals surface area contributed by atoms with Crippen molar-refractivity contribution in [2.75, 3.05) is 27.2 Å². The van der Waals surface area contributed by atoms with E-state index in [1.165, 1.54) is 62.9 Å². The fourth-order valence-corrected chi connectivity index (χ4v) is 4.28. The summed E-state index contributed by atoms with van der Waals surface area (Å²) < 4.78 is 1.99. The molecule has 1 atom stereocenters. The summed E-state index contributed by atoms with van der Waals surface area (Å²) in [6, 6.07) is 0.556. The highest BCUT2D eigenvalue weighted by Crippen LogP contribution is 2.29. The molecule has 1 unspecified atom stereocenters. The lowest BCUT2D eigenvalue weighted by Gasteiger charge is -2.35. The van der Waals surface area contributed by atoms with Crippen LogP contribution in [0, 0.1) is 0 Å². The molecule has 1 aromatic heterocycles. The maximum atomic E-state index is 12.6. The lowest BCUT2D eigenvalue weighted by molar-refractivity contribution is 0.0819. The molecule has 3 rings (SSSR count). The fraction of sp³-hybridized carbons (Fsp3) is 0.700. The molecule has 0 aromatic carbocycles. The summed E-state index contributed by atoms with van der Waals surface area (Å²) in [5, 5.41) is 4.65. The third kappa shape index (κ3) is 3.97. The van der Waals surface area contributed by atoms with Gasteiger partial charge in [-0.2, -0.15) is 5.10 Å². The number of aromatic nitrogens is 2. The smallest absolute Gasteiger partial charge is 0.274 e. The Labute approximate surface area is 151 Å². The van der Waals surface area contributed by atoms with E-state index in [0.29, 0.717) is 18.3 Å². The van der Waals surface area contributed by atoms with Crippen LogP contribution < -0.4 is 0 Å². The molecule has 1 aromatic rings. The standard InChI is InChI=1S/C20H32N4O/c1-4-12-24-18-11-10-16(23-13-8-6-5-7-9-14-23)15-17(18)19(21-24)20(25)22(2)3/h4,16H,1,5-15H2,2-3H3. The Kier molecular flexibility index (Phi) is 5.94. The summed E-state index contributed by atoms with van der Waals surface area (Å²) in [7, 11) is 3.61. The van der Waals surface area contributed by atoms with Gasteiger partial charge in [0.25, 0.3) is 5.91 Å². The molecule has 0 bridgehead atoms. The molecule has 0 saturated carbocycles. The summed E-state index contributed by atoms with van der Waals surface area (Å²) in [6.45, 7) is 6.93. The molecule has 1 fully saturated rings. The van der Waals surface area contributed by atoms with Crippen LogP contribution in [-0.4, -0.2) is 58.7 Å². The van der Waals surface area contributed by atoms with E-state index in [-0.39, 0.29) is 5.91 Å². The van der Waals surface area contributed by atoms with Gasteiger partial charge in [-0.25, -0.2) is 0 Å². The van der Waals surface area contributed by atoms with Crippen LogP contribution in [0.5, 0.6) is 0 Å². The Morgan fingerprint density at radius 3 is 2.56 bits per heavy atom. The molecule has 5 nitrogen and oxygen atoms in total. The van der Waals surface area contributed by atoms with E-state index in [4.69, 9.17) is 0 Å². The highest BCUT2D eigenvalue weighted by atomic mass is 16.2. The SMILES string of the molecule is C=CCn1nc(C(=O)N(C)C)c2c1CCC(N1CCCCCCC1)C2. The van der Waals surface area contributed by atoms with E-state index in [9.17, 15) is 4.79 Å². The van der Waals surface area contributed by atoms with Crippen LogP contribution in [0.3, 0.4) is 0 Å². The quantitative estimate of drug-likeness (QED) is 0.789. The Morgan fingerprint density at radius 2 is 1.92 bits per heavy atom. The molecule has 1 amide bonds. The summed E-state index contributed by atoms with van der Waals surface area (Å²) in [4.78, 5) is 16.9. The number of nitrogens with zero attached hydrogens (tertiary/aromatic N) is 4. The highest BCUT2D eigenvalue weighted by Gasteiger charge is 2.32. The van der Waals surface area contributed by atoms with Crippen molar-refractivity contribution in [3.63, 3.8) is 0 Å². The van der Waals surface area contributed by atoms with Crippen LogP contribution >= 0.6 is 0 Å². The molecular weight excluding hydrogens is 312 g/mol. The van der Waals surface area contributed by atoms with Gasteiger partial charge in [-0.3, -0.25) is 9.48 Å². The molecule has 1 aliphatic carbocycles. The summed E-state index contributed by atoms with van der Waals surface area (Å²) in [5.41, 5.74) is 3.07. The average Bonchev–Trinajstić information content (AvgIpc) is 2.92. The van der Waals surface area contributed by atoms with E-state index in [1.807, 2.05) is 10.8 Å². The molecule has 0 N–H and O–H groups in total. The van der Waals surface area contributed by atoms with Gasteiger partial charge in [0, 0.05) is 31.4 Å². The zero-order valence-corrected chi connectivity index (χ0v) is 15.8. The number of carbonyl (C=O) groups is 1. The first-order chi connectivity index (χ1) is 12.1. The van der Waals surface area contributed by atoms with E-state index in [2.05, 4.69) is 16.6 Å². The third-order valence-corrected chi connectivity index (χ3v) is 5.64. The Bertz CT molecular complexity index is 611. The molecular formula is C20H32N4O. The Hall–Kier alpha value is -1.62. The largest absolute Gasteiger partial charge is 0.343 e. The van der Waals surface area contributed by atoms with Gasteiger partial charge in [0.05, 0.1) is 6.54 Å². The Morgan fingerprint density at radius 1 is 1.24 bits per heavy atom. The van der Waals surface area contributed by atoms with Crippen molar-refractivity contribution < 1.29 is 4.79 Å². The predicted molar refractivity (Wildman–Crippen MR) is 101 cm³/mol. The lowest BCUT2D eigenvalue weighted by Crippen LogP contribution is -2.41. The number of fused-ring (bicyclic) bond motifs is 1. The van der Waals surface area contributed by atoms with E-state index in [0.717, 1.165) is 12.8 Å². The first-order valence-electron chi connectivity index (χ1n) is 9.77. The van der Waals surface area contributed by atoms with Gasteiger partial charge < -0.3 is 9.80 Å². The number of allylic oxidation sites excluding steroid dienone is 1. The van der Waals surface area contributed by atoms with Gasteiger partial charge in [-0.1, -0.05) is 25.3 Å². The number of hydrogen-bond acceptors (Lipinski definition) is 3. The van der Waals surface area contributed by atoms with Crippen molar-refractivity contribution in [3.8, 4) is 0 Å². The fourth-order valence-electron chi connectivity index (χ4n) is 4.28.